The topological polar surface area (TPSA) is 15.6 Å². The number of benzene rings is 1. The quantitative estimate of drug-likeness (QED) is 0.629. The van der Waals surface area contributed by atoms with Gasteiger partial charge in [-0.05, 0) is 59.6 Å². The van der Waals surface area contributed by atoms with Crippen molar-refractivity contribution < 1.29 is 0 Å². The smallest absolute Gasteiger partial charge is 0.0523 e. The summed E-state index contributed by atoms with van der Waals surface area (Å²) in [5.41, 5.74) is 9.20. The largest absolute Gasteiger partial charge is 0.378 e. The zero-order chi connectivity index (χ0) is 19.6. The van der Waals surface area contributed by atoms with Crippen molar-refractivity contribution in [3.8, 4) is 0 Å². The first-order valence-corrected chi connectivity index (χ1v) is 9.89. The number of rotatable bonds is 3. The van der Waals surface area contributed by atoms with Crippen LogP contribution in [0.3, 0.4) is 0 Å². The van der Waals surface area contributed by atoms with E-state index in [0.29, 0.717) is 0 Å². The van der Waals surface area contributed by atoms with E-state index in [2.05, 4.69) is 95.3 Å². The monoisotopic (exact) mass is 360 g/mol. The van der Waals surface area contributed by atoms with Gasteiger partial charge >= 0.3 is 0 Å². The van der Waals surface area contributed by atoms with E-state index in [-0.39, 0.29) is 5.41 Å². The minimum atomic E-state index is 0.182. The summed E-state index contributed by atoms with van der Waals surface area (Å²) in [6.07, 6.45) is 12.0. The molecule has 1 heterocycles. The Morgan fingerprint density at radius 1 is 1.04 bits per heavy atom. The van der Waals surface area contributed by atoms with E-state index < -0.39 is 0 Å². The Kier molecular flexibility index (Phi) is 5.55. The third-order valence-electron chi connectivity index (χ3n) is 5.38. The van der Waals surface area contributed by atoms with Gasteiger partial charge in [0, 0.05) is 31.9 Å². The van der Waals surface area contributed by atoms with Crippen molar-refractivity contribution in [1.82, 2.24) is 4.90 Å². The number of aliphatic imine (C=N–C) groups is 1. The molecule has 2 nitrogen and oxygen atoms in total. The first kappa shape index (κ1) is 19.4. The fourth-order valence-corrected chi connectivity index (χ4v) is 3.60. The van der Waals surface area contributed by atoms with Crippen LogP contribution in [0.1, 0.15) is 58.1 Å². The highest BCUT2D eigenvalue weighted by Gasteiger charge is 2.21. The molecule has 0 atom stereocenters. The van der Waals surface area contributed by atoms with Crippen LogP contribution >= 0.6 is 0 Å². The highest BCUT2D eigenvalue weighted by Crippen LogP contribution is 2.33. The summed E-state index contributed by atoms with van der Waals surface area (Å²) in [5, 5.41) is 0. The normalized spacial score (nSPS) is 23.0. The Bertz CT molecular complexity index is 851. The van der Waals surface area contributed by atoms with Gasteiger partial charge in [-0.15, -0.1) is 0 Å². The summed E-state index contributed by atoms with van der Waals surface area (Å²) in [6, 6.07) is 8.96. The summed E-state index contributed by atoms with van der Waals surface area (Å²) in [5.74, 6) is 0. The van der Waals surface area contributed by atoms with Crippen LogP contribution in [0.15, 0.2) is 76.1 Å². The van der Waals surface area contributed by atoms with Crippen molar-refractivity contribution in [2.24, 2.45) is 4.99 Å². The lowest BCUT2D eigenvalue weighted by molar-refractivity contribution is 0.528. The third kappa shape index (κ3) is 4.50. The lowest BCUT2D eigenvalue weighted by atomic mass is 9.86. The van der Waals surface area contributed by atoms with E-state index >= 15 is 0 Å². The average Bonchev–Trinajstić information content (AvgIpc) is 2.96. The molecule has 1 aliphatic carbocycles. The maximum atomic E-state index is 4.94. The summed E-state index contributed by atoms with van der Waals surface area (Å²) >= 11 is 0. The number of nitrogens with zero attached hydrogens (tertiary/aromatic N) is 2. The molecule has 0 fully saturated rings. The molecule has 142 valence electrons. The van der Waals surface area contributed by atoms with E-state index in [9.17, 15) is 0 Å². The summed E-state index contributed by atoms with van der Waals surface area (Å²) in [6.45, 7) is 8.92. The van der Waals surface area contributed by atoms with Crippen molar-refractivity contribution in [3.05, 3.63) is 82.2 Å². The molecule has 2 heteroatoms. The van der Waals surface area contributed by atoms with E-state index in [4.69, 9.17) is 4.99 Å². The molecule has 0 bridgehead atoms. The van der Waals surface area contributed by atoms with Gasteiger partial charge in [0.25, 0.3) is 0 Å². The fraction of sp³-hybridized carbons (Fsp3) is 0.400. The Morgan fingerprint density at radius 2 is 1.74 bits per heavy atom. The lowest BCUT2D eigenvalue weighted by Gasteiger charge is -2.19. The van der Waals surface area contributed by atoms with Crippen molar-refractivity contribution >= 4 is 5.71 Å². The van der Waals surface area contributed by atoms with Crippen molar-refractivity contribution in [3.63, 3.8) is 0 Å². The maximum Gasteiger partial charge on any atom is 0.0523 e. The second-order valence-electron chi connectivity index (χ2n) is 8.75. The zero-order valence-corrected chi connectivity index (χ0v) is 17.6. The van der Waals surface area contributed by atoms with Crippen LogP contribution in [0.25, 0.3) is 0 Å². The van der Waals surface area contributed by atoms with Crippen molar-refractivity contribution in [2.45, 2.75) is 52.4 Å². The molecule has 3 rings (SSSR count). The van der Waals surface area contributed by atoms with Crippen LogP contribution in [-0.4, -0.2) is 24.7 Å². The maximum absolute atomic E-state index is 4.94. The predicted octanol–water partition coefficient (Wildman–Crippen LogP) is 6.17. The van der Waals surface area contributed by atoms with Crippen LogP contribution in [0.4, 0.5) is 0 Å². The molecule has 0 amide bonds. The van der Waals surface area contributed by atoms with Crippen LogP contribution in [0.2, 0.25) is 0 Å². The third-order valence-corrected chi connectivity index (χ3v) is 5.38. The summed E-state index contributed by atoms with van der Waals surface area (Å²) in [4.78, 5) is 7.11. The minimum Gasteiger partial charge on any atom is -0.378 e. The van der Waals surface area contributed by atoms with Gasteiger partial charge in [0.15, 0.2) is 0 Å². The van der Waals surface area contributed by atoms with Crippen molar-refractivity contribution in [2.75, 3.05) is 14.1 Å². The van der Waals surface area contributed by atoms with E-state index in [1.54, 1.807) is 0 Å². The molecule has 1 aliphatic heterocycles. The zero-order valence-electron chi connectivity index (χ0n) is 17.6. The SMILES string of the molecule is CC1=C(/C2=C/C(N(C)C)=C\C=C/CC2)CC(c2ccc(C(C)(C)C)cc2)=N1. The highest BCUT2D eigenvalue weighted by molar-refractivity contribution is 6.04. The molecule has 0 aromatic heterocycles. The molecular weight excluding hydrogens is 328 g/mol. The molecular formula is C25H32N2. The van der Waals surface area contributed by atoms with Crippen LogP contribution < -0.4 is 0 Å². The average molecular weight is 361 g/mol. The Labute approximate surface area is 164 Å². The number of hydrogen-bond donors (Lipinski definition) is 0. The molecule has 0 radical (unpaired) electrons. The second-order valence-corrected chi connectivity index (χ2v) is 8.75. The van der Waals surface area contributed by atoms with Gasteiger partial charge in [-0.3, -0.25) is 4.99 Å². The van der Waals surface area contributed by atoms with E-state index in [1.165, 1.54) is 39.4 Å². The van der Waals surface area contributed by atoms with Gasteiger partial charge in [-0.2, -0.15) is 0 Å². The predicted molar refractivity (Wildman–Crippen MR) is 117 cm³/mol. The summed E-state index contributed by atoms with van der Waals surface area (Å²) < 4.78 is 0. The van der Waals surface area contributed by atoms with Crippen molar-refractivity contribution in [1.29, 1.82) is 0 Å². The van der Waals surface area contributed by atoms with E-state index in [0.717, 1.165) is 19.3 Å². The van der Waals surface area contributed by atoms with Gasteiger partial charge in [0.1, 0.15) is 0 Å². The van der Waals surface area contributed by atoms with Gasteiger partial charge in [-0.25, -0.2) is 0 Å². The molecule has 0 N–H and O–H groups in total. The van der Waals surface area contributed by atoms with E-state index in [1.807, 2.05) is 0 Å². The first-order valence-electron chi connectivity index (χ1n) is 9.89. The Hall–Kier alpha value is -2.35. The van der Waals surface area contributed by atoms with Gasteiger partial charge in [0.05, 0.1) is 5.71 Å². The van der Waals surface area contributed by atoms with Gasteiger partial charge in [-0.1, -0.05) is 57.2 Å². The molecule has 27 heavy (non-hydrogen) atoms. The molecule has 0 saturated heterocycles. The standard InChI is InChI=1S/C25H32N2/c1-18-23(20-10-8-7-9-11-22(16-20)27(5)6)17-24(26-18)19-12-14-21(15-13-19)25(2,3)4/h7,9,11-16H,8,10,17H2,1-6H3/b9-7-,20-16+,22-11+. The van der Waals surface area contributed by atoms with Gasteiger partial charge < -0.3 is 4.90 Å². The van der Waals surface area contributed by atoms with Crippen LogP contribution in [0, 0.1) is 0 Å². The lowest BCUT2D eigenvalue weighted by Crippen LogP contribution is -2.11. The van der Waals surface area contributed by atoms with Gasteiger partial charge in [0.2, 0.25) is 0 Å². The van der Waals surface area contributed by atoms with Crippen LogP contribution in [-0.2, 0) is 5.41 Å². The Morgan fingerprint density at radius 3 is 2.37 bits per heavy atom. The minimum absolute atomic E-state index is 0.182. The number of hydrogen-bond acceptors (Lipinski definition) is 2. The first-order chi connectivity index (χ1) is 12.8. The number of allylic oxidation sites excluding steroid dienone is 7. The second kappa shape index (κ2) is 7.72. The van der Waals surface area contributed by atoms with Crippen LogP contribution in [0.5, 0.6) is 0 Å². The fourth-order valence-electron chi connectivity index (χ4n) is 3.60. The molecule has 1 aromatic rings. The molecule has 2 aliphatic rings. The Balaban J connectivity index is 1.83. The highest BCUT2D eigenvalue weighted by atomic mass is 15.1. The number of likely N-dealkylation sites (N-methyl/N-ethyl adjacent to an activating group) is 1. The molecule has 0 saturated carbocycles. The molecule has 1 aromatic carbocycles. The molecule has 0 spiro atoms. The molecule has 0 unspecified atom stereocenters. The summed E-state index contributed by atoms with van der Waals surface area (Å²) in [7, 11) is 4.20.